The van der Waals surface area contributed by atoms with Gasteiger partial charge in [-0.3, -0.25) is 0 Å². The van der Waals surface area contributed by atoms with Crippen LogP contribution in [0.2, 0.25) is 0 Å². The van der Waals surface area contributed by atoms with E-state index in [2.05, 4.69) is 220 Å². The van der Waals surface area contributed by atoms with Gasteiger partial charge in [0.05, 0.1) is 0 Å². The van der Waals surface area contributed by atoms with E-state index in [1.54, 1.807) is 0 Å². The Labute approximate surface area is 334 Å². The summed E-state index contributed by atoms with van der Waals surface area (Å²) < 4.78 is 0. The van der Waals surface area contributed by atoms with Gasteiger partial charge in [-0.25, -0.2) is 0 Å². The van der Waals surface area contributed by atoms with E-state index in [1.807, 2.05) is 0 Å². The summed E-state index contributed by atoms with van der Waals surface area (Å²) in [6.45, 7) is 4.70. The Bertz CT molecular complexity index is 3170. The summed E-state index contributed by atoms with van der Waals surface area (Å²) in [5, 5.41) is 7.53. The third-order valence-corrected chi connectivity index (χ3v) is 12.5. The van der Waals surface area contributed by atoms with E-state index < -0.39 is 0 Å². The van der Waals surface area contributed by atoms with Crippen LogP contribution in [0.15, 0.2) is 206 Å². The Hall–Kier alpha value is -7.02. The molecule has 1 aliphatic carbocycles. The van der Waals surface area contributed by atoms with E-state index in [1.165, 1.54) is 110 Å². The molecular weight excluding hydrogens is 685 g/mol. The zero-order valence-electron chi connectivity index (χ0n) is 32.1. The third kappa shape index (κ3) is 5.52. The van der Waals surface area contributed by atoms with Gasteiger partial charge in [-0.15, -0.1) is 0 Å². The Morgan fingerprint density at radius 3 is 1.44 bits per heavy atom. The highest BCUT2D eigenvalue weighted by molar-refractivity contribution is 6.15. The molecule has 0 saturated carbocycles. The molecule has 0 spiro atoms. The van der Waals surface area contributed by atoms with Crippen molar-refractivity contribution in [2.45, 2.75) is 19.3 Å². The van der Waals surface area contributed by atoms with Crippen molar-refractivity contribution in [3.8, 4) is 66.8 Å². The van der Waals surface area contributed by atoms with Crippen LogP contribution < -0.4 is 0 Å². The summed E-state index contributed by atoms with van der Waals surface area (Å²) in [5.74, 6) is 0. The number of fused-ring (bicyclic) bond motifs is 7. The minimum Gasteiger partial charge on any atom is -0.0622 e. The quantitative estimate of drug-likeness (QED) is 0.155. The summed E-state index contributed by atoms with van der Waals surface area (Å²) in [4.78, 5) is 0. The average Bonchev–Trinajstić information content (AvgIpc) is 3.51. The first kappa shape index (κ1) is 33.3. The van der Waals surface area contributed by atoms with Gasteiger partial charge in [0.25, 0.3) is 0 Å². The van der Waals surface area contributed by atoms with Crippen molar-refractivity contribution < 1.29 is 0 Å². The molecule has 57 heavy (non-hydrogen) atoms. The summed E-state index contributed by atoms with van der Waals surface area (Å²) in [5.41, 5.74) is 17.9. The van der Waals surface area contributed by atoms with Gasteiger partial charge in [-0.05, 0) is 147 Å². The van der Waals surface area contributed by atoms with Crippen LogP contribution >= 0.6 is 0 Å². The molecule has 0 nitrogen and oxygen atoms in total. The molecule has 11 rings (SSSR count). The molecule has 0 bridgehead atoms. The van der Waals surface area contributed by atoms with Crippen LogP contribution in [0.5, 0.6) is 0 Å². The van der Waals surface area contributed by atoms with E-state index in [-0.39, 0.29) is 5.41 Å². The molecule has 10 aromatic carbocycles. The molecule has 268 valence electrons. The SMILES string of the molecule is CC1(C)c2ccccc2-c2ccc(-c3ccc(-c4ccc5c(c4)cc(-c4ccccc4)c4cc(-c6cc7ccccc7cc6-c6ccccc6)ccc45)cc3)cc21. The van der Waals surface area contributed by atoms with Crippen molar-refractivity contribution in [1.82, 2.24) is 0 Å². The Morgan fingerprint density at radius 1 is 0.246 bits per heavy atom. The third-order valence-electron chi connectivity index (χ3n) is 12.5. The Balaban J connectivity index is 1.01. The zero-order chi connectivity index (χ0) is 38.1. The lowest BCUT2D eigenvalue weighted by atomic mass is 9.81. The van der Waals surface area contributed by atoms with Gasteiger partial charge in [-0.1, -0.05) is 184 Å². The van der Waals surface area contributed by atoms with Gasteiger partial charge in [0, 0.05) is 5.41 Å². The average molecular weight is 725 g/mol. The number of benzene rings is 10. The van der Waals surface area contributed by atoms with Gasteiger partial charge in [0.1, 0.15) is 0 Å². The summed E-state index contributed by atoms with van der Waals surface area (Å²) in [7, 11) is 0. The highest BCUT2D eigenvalue weighted by Gasteiger charge is 2.35. The fraction of sp³-hybridized carbons (Fsp3) is 0.0526. The summed E-state index contributed by atoms with van der Waals surface area (Å²) in [6.07, 6.45) is 0. The van der Waals surface area contributed by atoms with E-state index >= 15 is 0 Å². The summed E-state index contributed by atoms with van der Waals surface area (Å²) >= 11 is 0. The first-order valence-electron chi connectivity index (χ1n) is 20.0. The largest absolute Gasteiger partial charge is 0.0622 e. The minimum atomic E-state index is -0.0150. The van der Waals surface area contributed by atoms with Crippen molar-refractivity contribution in [2.75, 3.05) is 0 Å². The maximum atomic E-state index is 2.42. The van der Waals surface area contributed by atoms with Crippen LogP contribution in [0.3, 0.4) is 0 Å². The second-order valence-corrected chi connectivity index (χ2v) is 16.1. The Morgan fingerprint density at radius 2 is 0.737 bits per heavy atom. The lowest BCUT2D eigenvalue weighted by molar-refractivity contribution is 0.660. The van der Waals surface area contributed by atoms with E-state index in [9.17, 15) is 0 Å². The Kier molecular flexibility index (Phi) is 7.63. The number of hydrogen-bond donors (Lipinski definition) is 0. The fourth-order valence-electron chi connectivity index (χ4n) is 9.44. The summed E-state index contributed by atoms with van der Waals surface area (Å²) in [6, 6.07) is 76.5. The molecule has 0 saturated heterocycles. The van der Waals surface area contributed by atoms with Crippen molar-refractivity contribution in [1.29, 1.82) is 0 Å². The molecule has 0 aromatic heterocycles. The number of rotatable bonds is 5. The number of hydrogen-bond acceptors (Lipinski definition) is 0. The predicted molar refractivity (Wildman–Crippen MR) is 244 cm³/mol. The van der Waals surface area contributed by atoms with Gasteiger partial charge in [0.2, 0.25) is 0 Å². The predicted octanol–water partition coefficient (Wildman–Crippen LogP) is 15.8. The van der Waals surface area contributed by atoms with Crippen molar-refractivity contribution in [2.24, 2.45) is 0 Å². The van der Waals surface area contributed by atoms with Crippen LogP contribution in [0.25, 0.3) is 99.1 Å². The first-order valence-corrected chi connectivity index (χ1v) is 20.0. The fourth-order valence-corrected chi connectivity index (χ4v) is 9.44. The zero-order valence-corrected chi connectivity index (χ0v) is 32.1. The molecule has 0 atom stereocenters. The van der Waals surface area contributed by atoms with Crippen molar-refractivity contribution in [3.63, 3.8) is 0 Å². The normalized spacial score (nSPS) is 12.9. The minimum absolute atomic E-state index is 0.0150. The molecule has 0 aliphatic heterocycles. The molecule has 1 aliphatic rings. The lowest BCUT2D eigenvalue weighted by Crippen LogP contribution is -2.14. The van der Waals surface area contributed by atoms with Crippen LogP contribution in [-0.2, 0) is 5.41 Å². The highest BCUT2D eigenvalue weighted by Crippen LogP contribution is 2.49. The van der Waals surface area contributed by atoms with Gasteiger partial charge in [0.15, 0.2) is 0 Å². The lowest BCUT2D eigenvalue weighted by Gasteiger charge is -2.22. The molecule has 0 fully saturated rings. The van der Waals surface area contributed by atoms with Crippen LogP contribution in [0.1, 0.15) is 25.0 Å². The van der Waals surface area contributed by atoms with E-state index in [0.717, 1.165) is 0 Å². The first-order chi connectivity index (χ1) is 28.0. The standard InChI is InChI=1S/C57H40/c1-57(2)55-20-12-11-19-49(55)50-30-26-44(36-56(50)57)38-23-21-37(22-24-38)43-25-28-47-46(31-43)35-52(40-15-7-4-8-16-40)54-34-45(27-29-48(47)54)53-33-42-18-10-9-17-41(42)32-51(53)39-13-5-3-6-14-39/h3-36H,1-2H3. The maximum absolute atomic E-state index is 2.42. The van der Waals surface area contributed by atoms with Gasteiger partial charge < -0.3 is 0 Å². The van der Waals surface area contributed by atoms with Crippen LogP contribution in [0, 0.1) is 0 Å². The van der Waals surface area contributed by atoms with E-state index in [4.69, 9.17) is 0 Å². The van der Waals surface area contributed by atoms with Crippen molar-refractivity contribution >= 4 is 32.3 Å². The molecule has 0 heteroatoms. The molecule has 0 unspecified atom stereocenters. The molecule has 0 heterocycles. The second kappa shape index (κ2) is 13.0. The molecular formula is C57H40. The topological polar surface area (TPSA) is 0 Å². The smallest absolute Gasteiger partial charge is 0.0159 e. The molecule has 10 aromatic rings. The molecule has 0 N–H and O–H groups in total. The van der Waals surface area contributed by atoms with Crippen molar-refractivity contribution in [3.05, 3.63) is 217 Å². The molecule has 0 radical (unpaired) electrons. The van der Waals surface area contributed by atoms with E-state index in [0.29, 0.717) is 0 Å². The van der Waals surface area contributed by atoms with Gasteiger partial charge in [-0.2, -0.15) is 0 Å². The van der Waals surface area contributed by atoms with Crippen LogP contribution in [-0.4, -0.2) is 0 Å². The highest BCUT2D eigenvalue weighted by atomic mass is 14.4. The molecule has 0 amide bonds. The second-order valence-electron chi connectivity index (χ2n) is 16.1. The monoisotopic (exact) mass is 724 g/mol. The maximum Gasteiger partial charge on any atom is 0.0159 e. The van der Waals surface area contributed by atoms with Gasteiger partial charge >= 0.3 is 0 Å². The van der Waals surface area contributed by atoms with Crippen LogP contribution in [0.4, 0.5) is 0 Å².